The molecule has 3 rings (SSSR count). The van der Waals surface area contributed by atoms with Crippen LogP contribution >= 0.6 is 0 Å². The number of carboxylic acid groups (broad SMARTS) is 1. The van der Waals surface area contributed by atoms with E-state index in [4.69, 9.17) is 9.15 Å². The van der Waals surface area contributed by atoms with Gasteiger partial charge in [0.2, 0.25) is 0 Å². The highest BCUT2D eigenvalue weighted by Crippen LogP contribution is 2.35. The summed E-state index contributed by atoms with van der Waals surface area (Å²) < 4.78 is 11.3. The average Bonchev–Trinajstić information content (AvgIpc) is 2.92. The lowest BCUT2D eigenvalue weighted by Crippen LogP contribution is -1.98. The minimum atomic E-state index is -1.01. The second kappa shape index (κ2) is 5.93. The lowest BCUT2D eigenvalue weighted by atomic mass is 10.1. The van der Waals surface area contributed by atoms with E-state index in [0.29, 0.717) is 29.1 Å². The maximum atomic E-state index is 11.7. The Morgan fingerprint density at radius 3 is 2.64 bits per heavy atom. The Labute approximate surface area is 127 Å². The molecule has 0 aliphatic carbocycles. The summed E-state index contributed by atoms with van der Waals surface area (Å²) in [7, 11) is 0. The molecule has 1 N–H and O–H groups in total. The zero-order valence-electron chi connectivity index (χ0n) is 12.2. The molecular weight excluding hydrogens is 280 g/mol. The van der Waals surface area contributed by atoms with Gasteiger partial charge in [0.1, 0.15) is 22.7 Å². The van der Waals surface area contributed by atoms with Crippen LogP contribution in [0.5, 0.6) is 5.75 Å². The number of carbonyl (C=O) groups is 1. The molecule has 0 atom stereocenters. The highest BCUT2D eigenvalue weighted by Gasteiger charge is 2.21. The molecule has 0 saturated heterocycles. The van der Waals surface area contributed by atoms with E-state index in [2.05, 4.69) is 0 Å². The molecule has 0 bridgehead atoms. The maximum Gasteiger partial charge on any atom is 0.340 e. The first-order valence-corrected chi connectivity index (χ1v) is 7.18. The highest BCUT2D eigenvalue weighted by atomic mass is 16.5. The van der Waals surface area contributed by atoms with Gasteiger partial charge in [0.25, 0.3) is 0 Å². The minimum absolute atomic E-state index is 0.170. The van der Waals surface area contributed by atoms with Crippen LogP contribution < -0.4 is 4.74 Å². The fraction of sp³-hybridized carbons (Fsp3) is 0.167. The van der Waals surface area contributed by atoms with Crippen LogP contribution in [0.4, 0.5) is 0 Å². The van der Waals surface area contributed by atoms with Crippen molar-refractivity contribution >= 4 is 16.9 Å². The molecule has 1 heterocycles. The summed E-state index contributed by atoms with van der Waals surface area (Å²) in [6, 6.07) is 14.5. The molecule has 0 fully saturated rings. The lowest BCUT2D eigenvalue weighted by Gasteiger charge is -2.03. The number of rotatable bonds is 5. The lowest BCUT2D eigenvalue weighted by molar-refractivity contribution is 0.0699. The number of fused-ring (bicyclic) bond motifs is 1. The Bertz CT molecular complexity index is 803. The second-order valence-corrected chi connectivity index (χ2v) is 4.98. The maximum absolute atomic E-state index is 11.7. The fourth-order valence-electron chi connectivity index (χ4n) is 2.39. The van der Waals surface area contributed by atoms with E-state index in [1.54, 1.807) is 18.2 Å². The number of benzene rings is 2. The Hall–Kier alpha value is -2.75. The molecule has 0 amide bonds. The summed E-state index contributed by atoms with van der Waals surface area (Å²) in [5.74, 6) is 0.0123. The molecule has 1 aromatic heterocycles. The molecule has 4 nitrogen and oxygen atoms in total. The molecule has 4 heteroatoms. The molecule has 2 aromatic carbocycles. The first-order valence-electron chi connectivity index (χ1n) is 7.18. The fourth-order valence-corrected chi connectivity index (χ4v) is 2.39. The van der Waals surface area contributed by atoms with Crippen LogP contribution in [-0.4, -0.2) is 17.7 Å². The van der Waals surface area contributed by atoms with Gasteiger partial charge >= 0.3 is 5.97 Å². The van der Waals surface area contributed by atoms with Crippen LogP contribution in [0.2, 0.25) is 0 Å². The van der Waals surface area contributed by atoms with Gasteiger partial charge in [-0.2, -0.15) is 0 Å². The van der Waals surface area contributed by atoms with Crippen molar-refractivity contribution < 1.29 is 19.1 Å². The first-order chi connectivity index (χ1) is 10.7. The Kier molecular flexibility index (Phi) is 3.83. The molecule has 0 aliphatic rings. The average molecular weight is 296 g/mol. The highest BCUT2D eigenvalue weighted by molar-refractivity contribution is 6.08. The molecule has 22 heavy (non-hydrogen) atoms. The van der Waals surface area contributed by atoms with Gasteiger partial charge < -0.3 is 14.3 Å². The van der Waals surface area contributed by atoms with Crippen LogP contribution in [0.15, 0.2) is 52.9 Å². The van der Waals surface area contributed by atoms with Gasteiger partial charge in [-0.1, -0.05) is 37.3 Å². The molecule has 0 saturated carbocycles. The number of carboxylic acids is 1. The van der Waals surface area contributed by atoms with Crippen LogP contribution in [-0.2, 0) is 0 Å². The molecule has 0 unspecified atom stereocenters. The van der Waals surface area contributed by atoms with E-state index < -0.39 is 5.97 Å². The number of ether oxygens (including phenoxy) is 1. The van der Waals surface area contributed by atoms with Gasteiger partial charge in [0.05, 0.1) is 6.61 Å². The van der Waals surface area contributed by atoms with E-state index in [1.807, 2.05) is 37.3 Å². The SMILES string of the molecule is CCCOc1ccc2oc(-c3ccccc3)c(C(=O)O)c2c1. The van der Waals surface area contributed by atoms with Crippen LogP contribution in [0.1, 0.15) is 23.7 Å². The van der Waals surface area contributed by atoms with Crippen molar-refractivity contribution in [3.05, 3.63) is 54.1 Å². The summed E-state index contributed by atoms with van der Waals surface area (Å²) >= 11 is 0. The van der Waals surface area contributed by atoms with E-state index in [1.165, 1.54) is 0 Å². The van der Waals surface area contributed by atoms with Crippen molar-refractivity contribution in [1.29, 1.82) is 0 Å². The predicted molar refractivity (Wildman–Crippen MR) is 84.4 cm³/mol. The third kappa shape index (κ3) is 2.55. The quantitative estimate of drug-likeness (QED) is 0.748. The van der Waals surface area contributed by atoms with Crippen LogP contribution in [0.3, 0.4) is 0 Å². The standard InChI is InChI=1S/C18H16O4/c1-2-10-21-13-8-9-15-14(11-13)16(18(19)20)17(22-15)12-6-4-3-5-7-12/h3-9,11H,2,10H2,1H3,(H,19,20). The van der Waals surface area contributed by atoms with Crippen molar-refractivity contribution in [2.45, 2.75) is 13.3 Å². The zero-order chi connectivity index (χ0) is 15.5. The minimum Gasteiger partial charge on any atom is -0.494 e. The van der Waals surface area contributed by atoms with Crippen LogP contribution in [0, 0.1) is 0 Å². The van der Waals surface area contributed by atoms with E-state index in [-0.39, 0.29) is 5.56 Å². The first kappa shape index (κ1) is 14.2. The van der Waals surface area contributed by atoms with E-state index >= 15 is 0 Å². The van der Waals surface area contributed by atoms with Gasteiger partial charge in [-0.05, 0) is 24.6 Å². The van der Waals surface area contributed by atoms with Crippen LogP contribution in [0.25, 0.3) is 22.3 Å². The number of aromatic carboxylic acids is 1. The molecule has 3 aromatic rings. The van der Waals surface area contributed by atoms with Gasteiger partial charge in [-0.3, -0.25) is 0 Å². The van der Waals surface area contributed by atoms with Crippen molar-refractivity contribution in [3.8, 4) is 17.1 Å². The molecule has 0 spiro atoms. The van der Waals surface area contributed by atoms with Gasteiger partial charge in [0.15, 0.2) is 0 Å². The summed E-state index contributed by atoms with van der Waals surface area (Å²) in [5.41, 5.74) is 1.45. The normalized spacial score (nSPS) is 10.8. The van der Waals surface area contributed by atoms with E-state index in [0.717, 1.165) is 12.0 Å². The molecular formula is C18H16O4. The van der Waals surface area contributed by atoms with Crippen molar-refractivity contribution in [3.63, 3.8) is 0 Å². The van der Waals surface area contributed by atoms with Gasteiger partial charge in [-0.25, -0.2) is 4.79 Å². The summed E-state index contributed by atoms with van der Waals surface area (Å²) in [6.45, 7) is 2.61. The Balaban J connectivity index is 2.17. The smallest absolute Gasteiger partial charge is 0.340 e. The van der Waals surface area contributed by atoms with Crippen molar-refractivity contribution in [2.75, 3.05) is 6.61 Å². The molecule has 0 radical (unpaired) electrons. The van der Waals surface area contributed by atoms with Crippen molar-refractivity contribution in [2.24, 2.45) is 0 Å². The largest absolute Gasteiger partial charge is 0.494 e. The zero-order valence-corrected chi connectivity index (χ0v) is 12.2. The van der Waals surface area contributed by atoms with Gasteiger partial charge in [0, 0.05) is 10.9 Å². The number of hydrogen-bond donors (Lipinski definition) is 1. The topological polar surface area (TPSA) is 59.7 Å². The third-order valence-corrected chi connectivity index (χ3v) is 3.38. The summed E-state index contributed by atoms with van der Waals surface area (Å²) in [6.07, 6.45) is 0.893. The summed E-state index contributed by atoms with van der Waals surface area (Å²) in [5, 5.41) is 10.1. The van der Waals surface area contributed by atoms with Gasteiger partial charge in [-0.15, -0.1) is 0 Å². The van der Waals surface area contributed by atoms with Crippen molar-refractivity contribution in [1.82, 2.24) is 0 Å². The number of hydrogen-bond acceptors (Lipinski definition) is 3. The monoisotopic (exact) mass is 296 g/mol. The summed E-state index contributed by atoms with van der Waals surface area (Å²) in [4.78, 5) is 11.7. The van der Waals surface area contributed by atoms with E-state index in [9.17, 15) is 9.90 Å². The third-order valence-electron chi connectivity index (χ3n) is 3.38. The molecule has 112 valence electrons. The molecule has 0 aliphatic heterocycles. The predicted octanol–water partition coefficient (Wildman–Crippen LogP) is 4.59. The second-order valence-electron chi connectivity index (χ2n) is 4.98. The Morgan fingerprint density at radius 2 is 1.95 bits per heavy atom. The Morgan fingerprint density at radius 1 is 1.18 bits per heavy atom. The number of furan rings is 1.